The van der Waals surface area contributed by atoms with E-state index in [-0.39, 0.29) is 5.91 Å². The molecule has 78 valence electrons. The number of carbonyl (C=O) groups is 1. The van der Waals surface area contributed by atoms with Crippen LogP contribution in [0.3, 0.4) is 0 Å². The summed E-state index contributed by atoms with van der Waals surface area (Å²) in [5, 5.41) is 0. The number of hydrogen-bond donors (Lipinski definition) is 1. The summed E-state index contributed by atoms with van der Waals surface area (Å²) in [6, 6.07) is 7.80. The van der Waals surface area contributed by atoms with Gasteiger partial charge in [-0.2, -0.15) is 0 Å². The van der Waals surface area contributed by atoms with E-state index in [4.69, 9.17) is 5.73 Å². The lowest BCUT2D eigenvalue weighted by molar-refractivity contribution is 0.0999. The van der Waals surface area contributed by atoms with E-state index in [0.29, 0.717) is 5.92 Å². The normalized spacial score (nSPS) is 28.8. The molecule has 1 amide bonds. The van der Waals surface area contributed by atoms with Gasteiger partial charge < -0.3 is 5.73 Å². The van der Waals surface area contributed by atoms with Gasteiger partial charge in [-0.1, -0.05) is 18.2 Å². The van der Waals surface area contributed by atoms with Crippen LogP contribution in [0.25, 0.3) is 0 Å². The van der Waals surface area contributed by atoms with Crippen molar-refractivity contribution in [1.29, 1.82) is 0 Å². The minimum Gasteiger partial charge on any atom is -0.366 e. The summed E-state index contributed by atoms with van der Waals surface area (Å²) >= 11 is 0. The molecule has 2 aliphatic rings. The number of carbonyl (C=O) groups excluding carboxylic acids is 1. The third-order valence-corrected chi connectivity index (χ3v) is 3.69. The zero-order valence-electron chi connectivity index (χ0n) is 8.65. The van der Waals surface area contributed by atoms with Crippen LogP contribution in [-0.2, 0) is 0 Å². The Bertz CT molecular complexity index is 409. The molecule has 0 aliphatic heterocycles. The molecule has 0 heterocycles. The number of nitrogens with two attached hydrogens (primary N) is 1. The van der Waals surface area contributed by atoms with Gasteiger partial charge in [-0.25, -0.2) is 0 Å². The molecule has 1 aromatic rings. The van der Waals surface area contributed by atoms with E-state index in [0.717, 1.165) is 17.4 Å². The molecule has 2 N–H and O–H groups in total. The quantitative estimate of drug-likeness (QED) is 0.801. The highest BCUT2D eigenvalue weighted by molar-refractivity contribution is 5.94. The van der Waals surface area contributed by atoms with Crippen molar-refractivity contribution in [3.05, 3.63) is 35.4 Å². The van der Waals surface area contributed by atoms with Crippen LogP contribution in [0.1, 0.15) is 41.1 Å². The smallest absolute Gasteiger partial charge is 0.248 e. The molecule has 0 spiro atoms. The lowest BCUT2D eigenvalue weighted by Gasteiger charge is -2.05. The second-order valence-corrected chi connectivity index (χ2v) is 4.79. The maximum Gasteiger partial charge on any atom is 0.248 e. The third kappa shape index (κ3) is 1.54. The lowest BCUT2D eigenvalue weighted by Crippen LogP contribution is -2.13. The second-order valence-electron chi connectivity index (χ2n) is 4.79. The average Bonchev–Trinajstić information content (AvgIpc) is 3.09. The Labute approximate surface area is 89.5 Å². The van der Waals surface area contributed by atoms with Crippen LogP contribution in [0.15, 0.2) is 24.3 Å². The Hall–Kier alpha value is -1.31. The van der Waals surface area contributed by atoms with Crippen LogP contribution in [0.5, 0.6) is 0 Å². The van der Waals surface area contributed by atoms with Crippen LogP contribution in [0.4, 0.5) is 0 Å². The van der Waals surface area contributed by atoms with E-state index in [2.05, 4.69) is 6.07 Å². The van der Waals surface area contributed by atoms with Crippen molar-refractivity contribution >= 4 is 5.91 Å². The summed E-state index contributed by atoms with van der Waals surface area (Å²) < 4.78 is 0. The standard InChI is InChI=1S/C13H15NO/c14-13(15)10-4-2-1-3-9(10)12-7-11(12)8-5-6-8/h1-4,8,11-12H,5-7H2,(H2,14,15)/t11-,12+/m1/s1. The summed E-state index contributed by atoms with van der Waals surface area (Å²) in [6.45, 7) is 0. The molecule has 0 aromatic heterocycles. The molecular formula is C13H15NO. The molecular weight excluding hydrogens is 186 g/mol. The fourth-order valence-corrected chi connectivity index (χ4v) is 2.66. The van der Waals surface area contributed by atoms with Crippen molar-refractivity contribution in [3.63, 3.8) is 0 Å². The number of rotatable bonds is 3. The van der Waals surface area contributed by atoms with Crippen LogP contribution >= 0.6 is 0 Å². The monoisotopic (exact) mass is 201 g/mol. The molecule has 2 heteroatoms. The van der Waals surface area contributed by atoms with Gasteiger partial charge in [0.15, 0.2) is 0 Å². The van der Waals surface area contributed by atoms with Gasteiger partial charge in [0.2, 0.25) is 5.91 Å². The van der Waals surface area contributed by atoms with Gasteiger partial charge in [-0.3, -0.25) is 4.79 Å². The van der Waals surface area contributed by atoms with Gasteiger partial charge in [-0.05, 0) is 48.6 Å². The molecule has 2 fully saturated rings. The van der Waals surface area contributed by atoms with Crippen molar-refractivity contribution in [1.82, 2.24) is 0 Å². The predicted molar refractivity (Wildman–Crippen MR) is 58.5 cm³/mol. The average molecular weight is 201 g/mol. The van der Waals surface area contributed by atoms with Crippen molar-refractivity contribution in [2.45, 2.75) is 25.2 Å². The molecule has 0 unspecified atom stereocenters. The first-order chi connectivity index (χ1) is 7.27. The first-order valence-electron chi connectivity index (χ1n) is 5.66. The Morgan fingerprint density at radius 2 is 2.00 bits per heavy atom. The molecule has 0 bridgehead atoms. The van der Waals surface area contributed by atoms with E-state index in [1.165, 1.54) is 24.8 Å². The predicted octanol–water partition coefficient (Wildman–Crippen LogP) is 2.30. The highest BCUT2D eigenvalue weighted by atomic mass is 16.1. The van der Waals surface area contributed by atoms with Crippen LogP contribution in [0.2, 0.25) is 0 Å². The van der Waals surface area contributed by atoms with Crippen LogP contribution in [-0.4, -0.2) is 5.91 Å². The number of hydrogen-bond acceptors (Lipinski definition) is 1. The Morgan fingerprint density at radius 1 is 1.27 bits per heavy atom. The van der Waals surface area contributed by atoms with E-state index in [1.807, 2.05) is 18.2 Å². The highest BCUT2D eigenvalue weighted by Gasteiger charge is 2.48. The minimum atomic E-state index is -0.285. The fraction of sp³-hybridized carbons (Fsp3) is 0.462. The van der Waals surface area contributed by atoms with Gasteiger partial charge in [0, 0.05) is 5.56 Å². The molecule has 1 aromatic carbocycles. The molecule has 2 saturated carbocycles. The summed E-state index contributed by atoms with van der Waals surface area (Å²) in [5.41, 5.74) is 7.29. The Balaban J connectivity index is 1.88. The fourth-order valence-electron chi connectivity index (χ4n) is 2.66. The summed E-state index contributed by atoms with van der Waals surface area (Å²) in [4.78, 5) is 11.3. The maximum absolute atomic E-state index is 11.3. The van der Waals surface area contributed by atoms with Gasteiger partial charge in [0.05, 0.1) is 0 Å². The van der Waals surface area contributed by atoms with E-state index in [9.17, 15) is 4.79 Å². The van der Waals surface area contributed by atoms with Gasteiger partial charge in [0.25, 0.3) is 0 Å². The topological polar surface area (TPSA) is 43.1 Å². The molecule has 15 heavy (non-hydrogen) atoms. The van der Waals surface area contributed by atoms with Gasteiger partial charge in [-0.15, -0.1) is 0 Å². The van der Waals surface area contributed by atoms with Crippen molar-refractivity contribution in [2.75, 3.05) is 0 Å². The van der Waals surface area contributed by atoms with Crippen molar-refractivity contribution in [2.24, 2.45) is 17.6 Å². The first-order valence-corrected chi connectivity index (χ1v) is 5.66. The maximum atomic E-state index is 11.3. The molecule has 2 atom stereocenters. The van der Waals surface area contributed by atoms with E-state index in [1.54, 1.807) is 0 Å². The number of amides is 1. The van der Waals surface area contributed by atoms with E-state index < -0.39 is 0 Å². The SMILES string of the molecule is NC(=O)c1ccccc1[C@@H]1C[C@@H]1C1CC1. The molecule has 2 nitrogen and oxygen atoms in total. The van der Waals surface area contributed by atoms with Gasteiger partial charge >= 0.3 is 0 Å². The van der Waals surface area contributed by atoms with Gasteiger partial charge in [0.1, 0.15) is 0 Å². The summed E-state index contributed by atoms with van der Waals surface area (Å²) in [7, 11) is 0. The summed E-state index contributed by atoms with van der Waals surface area (Å²) in [6.07, 6.45) is 4.04. The second kappa shape index (κ2) is 3.09. The zero-order chi connectivity index (χ0) is 10.4. The molecule has 0 radical (unpaired) electrons. The Kier molecular flexibility index (Phi) is 1.84. The zero-order valence-corrected chi connectivity index (χ0v) is 8.65. The van der Waals surface area contributed by atoms with Crippen molar-refractivity contribution < 1.29 is 4.79 Å². The molecule has 3 rings (SSSR count). The van der Waals surface area contributed by atoms with Crippen molar-refractivity contribution in [3.8, 4) is 0 Å². The first kappa shape index (κ1) is 8.96. The lowest BCUT2D eigenvalue weighted by atomic mass is 10.0. The number of benzene rings is 1. The number of primary amides is 1. The minimum absolute atomic E-state index is 0.285. The van der Waals surface area contributed by atoms with Crippen LogP contribution < -0.4 is 5.73 Å². The largest absolute Gasteiger partial charge is 0.366 e. The third-order valence-electron chi connectivity index (χ3n) is 3.69. The van der Waals surface area contributed by atoms with Crippen LogP contribution in [0, 0.1) is 11.8 Å². The molecule has 2 aliphatic carbocycles. The summed E-state index contributed by atoms with van der Waals surface area (Å²) in [5.74, 6) is 2.11. The Morgan fingerprint density at radius 3 is 2.67 bits per heavy atom. The van der Waals surface area contributed by atoms with E-state index >= 15 is 0 Å². The highest BCUT2D eigenvalue weighted by Crippen LogP contribution is 2.59. The molecule has 0 saturated heterocycles.